The Morgan fingerprint density at radius 2 is 1.76 bits per heavy atom. The molecule has 0 unspecified atom stereocenters. The van der Waals surface area contributed by atoms with Gasteiger partial charge in [0.15, 0.2) is 0 Å². The first-order valence-electron chi connectivity index (χ1n) is 8.26. The van der Waals surface area contributed by atoms with Gasteiger partial charge in [-0.15, -0.1) is 11.8 Å². The second kappa shape index (κ2) is 6.73. The van der Waals surface area contributed by atoms with Crippen molar-refractivity contribution in [2.75, 3.05) is 11.2 Å². The van der Waals surface area contributed by atoms with Crippen molar-refractivity contribution in [1.82, 2.24) is 4.98 Å². The summed E-state index contributed by atoms with van der Waals surface area (Å²) >= 11 is 1.75. The Morgan fingerprint density at radius 3 is 2.48 bits per heavy atom. The molecule has 25 heavy (non-hydrogen) atoms. The number of rotatable bonds is 3. The molecule has 124 valence electrons. The van der Waals surface area contributed by atoms with E-state index in [1.54, 1.807) is 11.8 Å². The van der Waals surface area contributed by atoms with Crippen LogP contribution in [0.15, 0.2) is 76.7 Å². The number of hydrogen-bond acceptors (Lipinski definition) is 4. The average Bonchev–Trinajstić information content (AvgIpc) is 2.68. The lowest BCUT2D eigenvalue weighted by Crippen LogP contribution is -2.33. The molecule has 0 N–H and O–H groups in total. The van der Waals surface area contributed by atoms with E-state index in [1.165, 1.54) is 10.5 Å². The highest BCUT2D eigenvalue weighted by molar-refractivity contribution is 7.98. The van der Waals surface area contributed by atoms with Gasteiger partial charge in [0.05, 0.1) is 12.2 Å². The number of pyridine rings is 1. The largest absolute Gasteiger partial charge is 0.321 e. The highest BCUT2D eigenvalue weighted by Gasteiger charge is 2.22. The normalized spacial score (nSPS) is 13.4. The number of hydrogen-bond donors (Lipinski definition) is 0. The van der Waals surface area contributed by atoms with Crippen LogP contribution in [0.1, 0.15) is 16.8 Å². The molecule has 4 heteroatoms. The quantitative estimate of drug-likeness (QED) is 0.610. The first-order valence-corrected chi connectivity index (χ1v) is 9.48. The van der Waals surface area contributed by atoms with E-state index in [2.05, 4.69) is 64.7 Å². The minimum absolute atomic E-state index is 0.807. The first kappa shape index (κ1) is 15.9. The summed E-state index contributed by atoms with van der Waals surface area (Å²) in [5.41, 5.74) is 5.47. The zero-order valence-corrected chi connectivity index (χ0v) is 15.1. The molecule has 0 radical (unpaired) electrons. The third-order valence-corrected chi connectivity index (χ3v) is 5.10. The van der Waals surface area contributed by atoms with Crippen LogP contribution in [0.4, 0.5) is 11.4 Å². The van der Waals surface area contributed by atoms with Gasteiger partial charge in [0.1, 0.15) is 5.84 Å². The van der Waals surface area contributed by atoms with Gasteiger partial charge in [0.25, 0.3) is 0 Å². The van der Waals surface area contributed by atoms with Crippen LogP contribution in [-0.4, -0.2) is 17.1 Å². The van der Waals surface area contributed by atoms with Crippen molar-refractivity contribution in [3.05, 3.63) is 83.7 Å². The van der Waals surface area contributed by atoms with Crippen LogP contribution in [0.25, 0.3) is 0 Å². The number of amidine groups is 1. The number of aliphatic imine (C=N–C) groups is 1. The summed E-state index contributed by atoms with van der Waals surface area (Å²) < 4.78 is 0. The van der Waals surface area contributed by atoms with Crippen molar-refractivity contribution in [2.24, 2.45) is 4.99 Å². The number of anilines is 1. The minimum Gasteiger partial charge on any atom is -0.321 e. The molecule has 1 aliphatic heterocycles. The maximum Gasteiger partial charge on any atom is 0.142 e. The van der Waals surface area contributed by atoms with E-state index < -0.39 is 0 Å². The number of para-hydroxylation sites is 1. The highest BCUT2D eigenvalue weighted by Crippen LogP contribution is 2.32. The van der Waals surface area contributed by atoms with Crippen LogP contribution in [0.5, 0.6) is 0 Å². The molecule has 2 heterocycles. The molecule has 0 bridgehead atoms. The smallest absolute Gasteiger partial charge is 0.142 e. The molecule has 3 nitrogen and oxygen atoms in total. The van der Waals surface area contributed by atoms with Gasteiger partial charge in [0, 0.05) is 28.0 Å². The number of thioether (sulfide) groups is 1. The number of aromatic nitrogens is 1. The van der Waals surface area contributed by atoms with E-state index in [0.717, 1.165) is 35.0 Å². The second-order valence-electron chi connectivity index (χ2n) is 6.04. The first-order chi connectivity index (χ1) is 12.2. The van der Waals surface area contributed by atoms with Crippen LogP contribution in [0, 0.1) is 6.92 Å². The predicted octanol–water partition coefficient (Wildman–Crippen LogP) is 5.21. The highest BCUT2D eigenvalue weighted by atomic mass is 32.2. The molecule has 1 aromatic heterocycles. The summed E-state index contributed by atoms with van der Waals surface area (Å²) in [6.45, 7) is 2.81. The van der Waals surface area contributed by atoms with Crippen LogP contribution < -0.4 is 4.90 Å². The second-order valence-corrected chi connectivity index (χ2v) is 6.92. The lowest BCUT2D eigenvalue weighted by Gasteiger charge is -2.31. The monoisotopic (exact) mass is 345 g/mol. The Kier molecular flexibility index (Phi) is 4.28. The molecule has 4 rings (SSSR count). The molecule has 2 aromatic carbocycles. The fraction of sp³-hybridized carbons (Fsp3) is 0.143. The van der Waals surface area contributed by atoms with E-state index in [-0.39, 0.29) is 0 Å². The van der Waals surface area contributed by atoms with Gasteiger partial charge in [-0.05, 0) is 61.2 Å². The molecule has 0 fully saturated rings. The standard InChI is InChI=1S/C21H19N3S/c1-15-7-8-16(13-22-15)21-23-20-6-4-3-5-17(20)14-24(21)18-9-11-19(25-2)12-10-18/h3-13H,14H2,1-2H3. The van der Waals surface area contributed by atoms with Crippen LogP contribution >= 0.6 is 11.8 Å². The number of nitrogens with zero attached hydrogens (tertiary/aromatic N) is 3. The molecular weight excluding hydrogens is 326 g/mol. The summed E-state index contributed by atoms with van der Waals surface area (Å²) in [5.74, 6) is 0.947. The molecule has 0 atom stereocenters. The predicted molar refractivity (Wildman–Crippen MR) is 106 cm³/mol. The Labute approximate surface area is 152 Å². The van der Waals surface area contributed by atoms with Crippen LogP contribution in [0.3, 0.4) is 0 Å². The molecule has 0 spiro atoms. The third-order valence-electron chi connectivity index (χ3n) is 4.36. The van der Waals surface area contributed by atoms with Crippen molar-refractivity contribution < 1.29 is 0 Å². The summed E-state index contributed by atoms with van der Waals surface area (Å²) in [6.07, 6.45) is 4.00. The Bertz CT molecular complexity index is 915. The maximum atomic E-state index is 4.94. The van der Waals surface area contributed by atoms with Crippen molar-refractivity contribution in [3.63, 3.8) is 0 Å². The average molecular weight is 345 g/mol. The van der Waals surface area contributed by atoms with Crippen molar-refractivity contribution in [1.29, 1.82) is 0 Å². The molecule has 0 saturated heterocycles. The van der Waals surface area contributed by atoms with Gasteiger partial charge in [-0.25, -0.2) is 4.99 Å². The zero-order chi connectivity index (χ0) is 17.2. The number of aryl methyl sites for hydroxylation is 1. The molecule has 0 aliphatic carbocycles. The summed E-state index contributed by atoms with van der Waals surface area (Å²) in [6, 6.07) is 21.1. The minimum atomic E-state index is 0.807. The SMILES string of the molecule is CSc1ccc(N2Cc3ccccc3N=C2c2ccc(C)nc2)cc1. The van der Waals surface area contributed by atoms with Gasteiger partial charge in [-0.3, -0.25) is 4.98 Å². The number of benzene rings is 2. The molecule has 3 aromatic rings. The van der Waals surface area contributed by atoms with Crippen molar-refractivity contribution in [3.8, 4) is 0 Å². The molecule has 0 saturated carbocycles. The van der Waals surface area contributed by atoms with E-state index >= 15 is 0 Å². The van der Waals surface area contributed by atoms with Crippen molar-refractivity contribution >= 4 is 29.0 Å². The van der Waals surface area contributed by atoms with Crippen molar-refractivity contribution in [2.45, 2.75) is 18.4 Å². The van der Waals surface area contributed by atoms with E-state index in [4.69, 9.17) is 4.99 Å². The van der Waals surface area contributed by atoms with E-state index in [9.17, 15) is 0 Å². The fourth-order valence-electron chi connectivity index (χ4n) is 2.97. The third kappa shape index (κ3) is 3.17. The lowest BCUT2D eigenvalue weighted by atomic mass is 10.1. The summed E-state index contributed by atoms with van der Waals surface area (Å²) in [7, 11) is 0. The van der Waals surface area contributed by atoms with Gasteiger partial charge in [-0.1, -0.05) is 18.2 Å². The Morgan fingerprint density at radius 1 is 0.960 bits per heavy atom. The van der Waals surface area contributed by atoms with E-state index in [1.807, 2.05) is 25.3 Å². The molecule has 0 amide bonds. The van der Waals surface area contributed by atoms with E-state index in [0.29, 0.717) is 0 Å². The summed E-state index contributed by atoms with van der Waals surface area (Å²) in [4.78, 5) is 12.9. The Hall–Kier alpha value is -2.59. The molecule has 1 aliphatic rings. The van der Waals surface area contributed by atoms with Gasteiger partial charge in [-0.2, -0.15) is 0 Å². The lowest BCUT2D eigenvalue weighted by molar-refractivity contribution is 0.974. The Balaban J connectivity index is 1.81. The molecular formula is C21H19N3S. The van der Waals surface area contributed by atoms with Gasteiger partial charge >= 0.3 is 0 Å². The zero-order valence-electron chi connectivity index (χ0n) is 14.3. The maximum absolute atomic E-state index is 4.94. The van der Waals surface area contributed by atoms with Gasteiger partial charge < -0.3 is 4.90 Å². The van der Waals surface area contributed by atoms with Gasteiger partial charge in [0.2, 0.25) is 0 Å². The van der Waals surface area contributed by atoms with Crippen LogP contribution in [-0.2, 0) is 6.54 Å². The van der Waals surface area contributed by atoms with Crippen LogP contribution in [0.2, 0.25) is 0 Å². The topological polar surface area (TPSA) is 28.5 Å². The number of fused-ring (bicyclic) bond motifs is 1. The summed E-state index contributed by atoms with van der Waals surface area (Å²) in [5, 5.41) is 0. The fourth-order valence-corrected chi connectivity index (χ4v) is 3.38.